The molecule has 4 rings (SSSR count). The van der Waals surface area contributed by atoms with E-state index < -0.39 is 0 Å². The predicted octanol–water partition coefficient (Wildman–Crippen LogP) is 9.09. The summed E-state index contributed by atoms with van der Waals surface area (Å²) in [7, 11) is 0. The van der Waals surface area contributed by atoms with E-state index in [1.165, 1.54) is 73.6 Å². The number of aromatic hydroxyl groups is 2. The minimum Gasteiger partial charge on any atom is -0.507 e. The molecule has 0 aromatic heterocycles. The number of hydrogen-bond acceptors (Lipinski definition) is 3. The summed E-state index contributed by atoms with van der Waals surface area (Å²) < 4.78 is 0. The summed E-state index contributed by atoms with van der Waals surface area (Å²) in [6, 6.07) is 9.02. The summed E-state index contributed by atoms with van der Waals surface area (Å²) >= 11 is 1.95. The minimum absolute atomic E-state index is 0.328. The number of phenolic OH excluding ortho intramolecular Hbond substituents is 2. The number of benzene rings is 2. The van der Waals surface area contributed by atoms with Gasteiger partial charge in [-0.2, -0.15) is 11.8 Å². The maximum absolute atomic E-state index is 11.0. The lowest BCUT2D eigenvalue weighted by atomic mass is 9.89. The Morgan fingerprint density at radius 3 is 1.36 bits per heavy atom. The maximum Gasteiger partial charge on any atom is 0.122 e. The van der Waals surface area contributed by atoms with Crippen LogP contribution in [-0.2, 0) is 11.5 Å². The van der Waals surface area contributed by atoms with Crippen LogP contribution in [0, 0.1) is 0 Å². The highest BCUT2D eigenvalue weighted by atomic mass is 32.2. The van der Waals surface area contributed by atoms with E-state index in [2.05, 4.69) is 52.0 Å². The first-order valence-electron chi connectivity index (χ1n) is 13.1. The average Bonchev–Trinajstić information content (AvgIpc) is 3.49. The van der Waals surface area contributed by atoms with E-state index in [0.29, 0.717) is 35.2 Å². The average molecular weight is 467 g/mol. The monoisotopic (exact) mass is 466 g/mol. The fourth-order valence-electron chi connectivity index (χ4n) is 5.92. The molecule has 2 saturated carbocycles. The summed E-state index contributed by atoms with van der Waals surface area (Å²) in [5.41, 5.74) is 7.24. The lowest BCUT2D eigenvalue weighted by Crippen LogP contribution is -2.01. The van der Waals surface area contributed by atoms with Crippen LogP contribution in [0.5, 0.6) is 11.5 Å². The predicted molar refractivity (Wildman–Crippen MR) is 142 cm³/mol. The molecule has 180 valence electrons. The Hall–Kier alpha value is -1.61. The van der Waals surface area contributed by atoms with Crippen molar-refractivity contribution in [2.24, 2.45) is 0 Å². The smallest absolute Gasteiger partial charge is 0.122 e. The molecular weight excluding hydrogens is 424 g/mol. The van der Waals surface area contributed by atoms with Crippen LogP contribution < -0.4 is 0 Å². The molecule has 2 aromatic rings. The second-order valence-electron chi connectivity index (χ2n) is 11.0. The molecule has 2 aliphatic rings. The zero-order valence-electron chi connectivity index (χ0n) is 21.0. The van der Waals surface area contributed by atoms with Crippen molar-refractivity contribution in [3.63, 3.8) is 0 Å². The third kappa shape index (κ3) is 5.56. The molecule has 2 N–H and O–H groups in total. The molecular formula is C30H42O2S. The van der Waals surface area contributed by atoms with Gasteiger partial charge in [0.25, 0.3) is 0 Å². The molecule has 0 atom stereocenters. The van der Waals surface area contributed by atoms with Crippen LogP contribution in [0.15, 0.2) is 24.3 Å². The van der Waals surface area contributed by atoms with Crippen molar-refractivity contribution in [2.45, 2.75) is 114 Å². The number of hydrogen-bond donors (Lipinski definition) is 2. The Kier molecular flexibility index (Phi) is 7.99. The van der Waals surface area contributed by atoms with Gasteiger partial charge in [0.15, 0.2) is 0 Å². The molecule has 0 bridgehead atoms. The molecule has 0 saturated heterocycles. The standard InChI is InChI=1S/C30H42O2S/c1-19(2)25-13-21(15-27(29(25)31)23-9-5-6-10-23)17-33-18-22-14-26(20(3)4)30(32)28(16-22)24-11-7-8-12-24/h13-16,19-20,23-24,31-32H,5-12,17-18H2,1-4H3. The molecule has 0 unspecified atom stereocenters. The Labute approximate surface area is 205 Å². The first-order valence-corrected chi connectivity index (χ1v) is 14.3. The maximum atomic E-state index is 11.0. The molecule has 0 amide bonds. The second-order valence-corrected chi connectivity index (χ2v) is 12.0. The molecule has 0 radical (unpaired) electrons. The molecule has 33 heavy (non-hydrogen) atoms. The summed E-state index contributed by atoms with van der Waals surface area (Å²) in [6.07, 6.45) is 9.94. The van der Waals surface area contributed by atoms with Crippen molar-refractivity contribution in [3.8, 4) is 11.5 Å². The van der Waals surface area contributed by atoms with Crippen molar-refractivity contribution >= 4 is 11.8 Å². The van der Waals surface area contributed by atoms with Crippen molar-refractivity contribution in [1.29, 1.82) is 0 Å². The normalized spacial score (nSPS) is 17.6. The first-order chi connectivity index (χ1) is 15.8. The summed E-state index contributed by atoms with van der Waals surface area (Å²) in [4.78, 5) is 0. The molecule has 2 nitrogen and oxygen atoms in total. The van der Waals surface area contributed by atoms with Crippen molar-refractivity contribution in [2.75, 3.05) is 0 Å². The van der Waals surface area contributed by atoms with E-state index in [4.69, 9.17) is 0 Å². The van der Waals surface area contributed by atoms with Crippen LogP contribution >= 0.6 is 11.8 Å². The lowest BCUT2D eigenvalue weighted by Gasteiger charge is -2.20. The van der Waals surface area contributed by atoms with Crippen molar-refractivity contribution in [3.05, 3.63) is 57.6 Å². The van der Waals surface area contributed by atoms with E-state index in [-0.39, 0.29) is 0 Å². The molecule has 2 fully saturated rings. The van der Waals surface area contributed by atoms with E-state index in [0.717, 1.165) is 22.6 Å². The van der Waals surface area contributed by atoms with Gasteiger partial charge in [-0.15, -0.1) is 0 Å². The quantitative estimate of drug-likeness (QED) is 0.407. The first kappa shape index (κ1) is 24.5. The number of phenols is 2. The molecule has 2 aliphatic carbocycles. The fourth-order valence-corrected chi connectivity index (χ4v) is 6.83. The van der Waals surface area contributed by atoms with Gasteiger partial charge < -0.3 is 10.2 Å². The van der Waals surface area contributed by atoms with Gasteiger partial charge in [-0.05, 0) is 82.7 Å². The van der Waals surface area contributed by atoms with E-state index >= 15 is 0 Å². The highest BCUT2D eigenvalue weighted by Gasteiger charge is 2.24. The molecule has 0 spiro atoms. The number of rotatable bonds is 8. The third-order valence-corrected chi connectivity index (χ3v) is 8.90. The minimum atomic E-state index is 0.328. The van der Waals surface area contributed by atoms with Crippen LogP contribution in [0.1, 0.15) is 136 Å². The topological polar surface area (TPSA) is 40.5 Å². The Morgan fingerprint density at radius 2 is 1.03 bits per heavy atom. The van der Waals surface area contributed by atoms with Crippen LogP contribution in [0.3, 0.4) is 0 Å². The fraction of sp³-hybridized carbons (Fsp3) is 0.600. The van der Waals surface area contributed by atoms with Crippen LogP contribution in [0.4, 0.5) is 0 Å². The van der Waals surface area contributed by atoms with Gasteiger partial charge in [-0.3, -0.25) is 0 Å². The molecule has 0 heterocycles. The Balaban J connectivity index is 1.53. The van der Waals surface area contributed by atoms with Crippen LogP contribution in [0.2, 0.25) is 0 Å². The van der Waals surface area contributed by atoms with E-state index in [1.54, 1.807) is 0 Å². The second kappa shape index (κ2) is 10.8. The SMILES string of the molecule is CC(C)c1cc(CSCc2cc(C(C)C)c(O)c(C3CCCC3)c2)cc(C2CCCC2)c1O. The molecule has 2 aromatic carbocycles. The van der Waals surface area contributed by atoms with E-state index in [9.17, 15) is 10.2 Å². The molecule has 3 heteroatoms. The van der Waals surface area contributed by atoms with Crippen LogP contribution in [-0.4, -0.2) is 10.2 Å². The third-order valence-electron chi connectivity index (χ3n) is 7.83. The van der Waals surface area contributed by atoms with Gasteiger partial charge in [-0.1, -0.05) is 77.6 Å². The van der Waals surface area contributed by atoms with Gasteiger partial charge in [0.1, 0.15) is 11.5 Å². The zero-order chi connectivity index (χ0) is 23.5. The lowest BCUT2D eigenvalue weighted by molar-refractivity contribution is 0.450. The highest BCUT2D eigenvalue weighted by molar-refractivity contribution is 7.97. The van der Waals surface area contributed by atoms with E-state index in [1.807, 2.05) is 11.8 Å². The largest absolute Gasteiger partial charge is 0.507 e. The highest BCUT2D eigenvalue weighted by Crippen LogP contribution is 2.44. The van der Waals surface area contributed by atoms with Crippen molar-refractivity contribution in [1.82, 2.24) is 0 Å². The zero-order valence-corrected chi connectivity index (χ0v) is 21.8. The van der Waals surface area contributed by atoms with Gasteiger partial charge >= 0.3 is 0 Å². The van der Waals surface area contributed by atoms with Crippen molar-refractivity contribution < 1.29 is 10.2 Å². The Bertz CT molecular complexity index is 873. The van der Waals surface area contributed by atoms with Crippen LogP contribution in [0.25, 0.3) is 0 Å². The summed E-state index contributed by atoms with van der Waals surface area (Å²) in [5, 5.41) is 21.9. The van der Waals surface area contributed by atoms with Gasteiger partial charge in [-0.25, -0.2) is 0 Å². The van der Waals surface area contributed by atoms with Gasteiger partial charge in [0.2, 0.25) is 0 Å². The van der Waals surface area contributed by atoms with Gasteiger partial charge in [0.05, 0.1) is 0 Å². The number of thioether (sulfide) groups is 1. The van der Waals surface area contributed by atoms with Gasteiger partial charge in [0, 0.05) is 11.5 Å². The molecule has 0 aliphatic heterocycles. The Morgan fingerprint density at radius 1 is 0.667 bits per heavy atom. The summed E-state index contributed by atoms with van der Waals surface area (Å²) in [6.45, 7) is 8.72. The summed E-state index contributed by atoms with van der Waals surface area (Å²) in [5.74, 6) is 4.70.